The van der Waals surface area contributed by atoms with Gasteiger partial charge in [-0.05, 0) is 60.0 Å². The Kier molecular flexibility index (Phi) is 6.20. The number of carbonyl (C=O) groups is 1. The number of phenols is 1. The van der Waals surface area contributed by atoms with Crippen LogP contribution in [0.3, 0.4) is 0 Å². The van der Waals surface area contributed by atoms with Gasteiger partial charge in [-0.3, -0.25) is 15.2 Å². The van der Waals surface area contributed by atoms with E-state index in [1.807, 2.05) is 36.4 Å². The monoisotopic (exact) mass is 552 g/mol. The number of benzene rings is 5. The molecular formula is C29H21ClN6O4. The maximum Gasteiger partial charge on any atom is 0.259 e. The van der Waals surface area contributed by atoms with Crippen molar-refractivity contribution in [3.05, 3.63) is 95.5 Å². The topological polar surface area (TPSA) is 160 Å². The number of phenolic OH excluding ortho intramolecular Hbond substituents is 1. The van der Waals surface area contributed by atoms with Gasteiger partial charge in [0, 0.05) is 27.4 Å². The maximum atomic E-state index is 13.4. The minimum atomic E-state index is -0.653. The van der Waals surface area contributed by atoms with Crippen molar-refractivity contribution in [2.75, 3.05) is 16.3 Å². The Balaban J connectivity index is 1.52. The normalized spacial score (nSPS) is 11.6. The summed E-state index contributed by atoms with van der Waals surface area (Å²) in [7, 11) is 0. The van der Waals surface area contributed by atoms with Gasteiger partial charge in [0.25, 0.3) is 5.91 Å². The van der Waals surface area contributed by atoms with Crippen molar-refractivity contribution in [2.24, 2.45) is 10.2 Å². The lowest BCUT2D eigenvalue weighted by Crippen LogP contribution is -2.14. The molecule has 10 nitrogen and oxygen atoms in total. The minimum Gasteiger partial charge on any atom is -0.505 e. The fourth-order valence-corrected chi connectivity index (χ4v) is 4.84. The van der Waals surface area contributed by atoms with E-state index in [9.17, 15) is 20.3 Å². The van der Waals surface area contributed by atoms with E-state index in [1.54, 1.807) is 30.3 Å². The first-order chi connectivity index (χ1) is 19.3. The lowest BCUT2D eigenvalue weighted by Gasteiger charge is -2.14. The number of nitrogens with one attached hydrogen (secondary N) is 2. The van der Waals surface area contributed by atoms with Crippen LogP contribution in [-0.2, 0) is 0 Å². The molecule has 11 heteroatoms. The molecule has 0 fully saturated rings. The molecule has 0 spiro atoms. The lowest BCUT2D eigenvalue weighted by molar-refractivity contribution is 0.0292. The predicted molar refractivity (Wildman–Crippen MR) is 155 cm³/mol. The number of aromatic nitrogens is 1. The lowest BCUT2D eigenvalue weighted by atomic mass is 10.00. The first kappa shape index (κ1) is 25.1. The Labute approximate surface area is 231 Å². The zero-order valence-electron chi connectivity index (χ0n) is 20.6. The molecule has 5 aromatic carbocycles. The summed E-state index contributed by atoms with van der Waals surface area (Å²) < 4.78 is 0. The quantitative estimate of drug-likeness (QED) is 0.0730. The molecule has 0 unspecified atom stereocenters. The average Bonchev–Trinajstić information content (AvgIpc) is 3.33. The van der Waals surface area contributed by atoms with Crippen LogP contribution in [0.5, 0.6) is 5.75 Å². The third kappa shape index (κ3) is 4.41. The Morgan fingerprint density at radius 3 is 2.45 bits per heavy atom. The first-order valence-electron chi connectivity index (χ1n) is 12.1. The van der Waals surface area contributed by atoms with Crippen molar-refractivity contribution >= 4 is 78.5 Å². The second-order valence-electron chi connectivity index (χ2n) is 9.08. The van der Waals surface area contributed by atoms with E-state index in [4.69, 9.17) is 17.3 Å². The molecule has 1 amide bonds. The number of nitrogen functional groups attached to an aromatic ring is 1. The van der Waals surface area contributed by atoms with Gasteiger partial charge in [0.2, 0.25) is 0 Å². The molecule has 0 saturated heterocycles. The highest BCUT2D eigenvalue weighted by atomic mass is 35.5. The highest BCUT2D eigenvalue weighted by Gasteiger charge is 2.22. The SMILES string of the molecule is Nc1ccc(N=Nc2c(O)c(C(=O)Nc3ccc(N(O)O)cc3Cl)cc3ccc4c5ccccc5[nH]c4c23)cc1. The smallest absolute Gasteiger partial charge is 0.259 e. The Morgan fingerprint density at radius 1 is 0.925 bits per heavy atom. The van der Waals surface area contributed by atoms with E-state index in [0.29, 0.717) is 22.1 Å². The minimum absolute atomic E-state index is 0.00395. The van der Waals surface area contributed by atoms with Gasteiger partial charge < -0.3 is 21.1 Å². The van der Waals surface area contributed by atoms with Crippen molar-refractivity contribution in [2.45, 2.75) is 0 Å². The van der Waals surface area contributed by atoms with Crippen molar-refractivity contribution in [1.82, 2.24) is 4.98 Å². The summed E-state index contributed by atoms with van der Waals surface area (Å²) in [4.78, 5) is 16.8. The summed E-state index contributed by atoms with van der Waals surface area (Å²) in [5, 5.41) is 44.4. The molecule has 0 radical (unpaired) electrons. The number of anilines is 3. The molecule has 198 valence electrons. The number of amides is 1. The van der Waals surface area contributed by atoms with Crippen molar-refractivity contribution in [3.63, 3.8) is 0 Å². The number of hydrogen-bond donors (Lipinski definition) is 6. The van der Waals surface area contributed by atoms with Crippen molar-refractivity contribution < 1.29 is 20.3 Å². The number of H-pyrrole nitrogens is 1. The number of nitrogens with two attached hydrogens (primary N) is 1. The molecule has 0 aliphatic rings. The Morgan fingerprint density at radius 2 is 1.70 bits per heavy atom. The fourth-order valence-electron chi connectivity index (χ4n) is 4.62. The van der Waals surface area contributed by atoms with Crippen LogP contribution in [0, 0.1) is 0 Å². The molecule has 0 saturated carbocycles. The summed E-state index contributed by atoms with van der Waals surface area (Å²) in [5.41, 5.74) is 8.77. The highest BCUT2D eigenvalue weighted by molar-refractivity contribution is 6.34. The van der Waals surface area contributed by atoms with Crippen LogP contribution in [0.4, 0.5) is 28.4 Å². The van der Waals surface area contributed by atoms with Crippen LogP contribution in [-0.4, -0.2) is 26.4 Å². The number of fused-ring (bicyclic) bond motifs is 5. The molecule has 0 atom stereocenters. The number of aromatic amines is 1. The summed E-state index contributed by atoms with van der Waals surface area (Å²) in [6.45, 7) is 0. The van der Waals surface area contributed by atoms with E-state index in [2.05, 4.69) is 20.5 Å². The van der Waals surface area contributed by atoms with Gasteiger partial charge in [0.05, 0.1) is 33.2 Å². The maximum absolute atomic E-state index is 13.4. The molecule has 0 aliphatic heterocycles. The number of para-hydroxylation sites is 1. The number of carbonyl (C=O) groups excluding carboxylic acids is 1. The molecule has 7 N–H and O–H groups in total. The Bertz CT molecular complexity index is 1970. The molecule has 1 aromatic heterocycles. The summed E-state index contributed by atoms with van der Waals surface area (Å²) in [6, 6.07) is 24.0. The number of aromatic hydroxyl groups is 1. The van der Waals surface area contributed by atoms with Gasteiger partial charge in [-0.1, -0.05) is 41.9 Å². The van der Waals surface area contributed by atoms with Gasteiger partial charge >= 0.3 is 0 Å². The van der Waals surface area contributed by atoms with E-state index in [1.165, 1.54) is 18.2 Å². The third-order valence-corrected chi connectivity index (χ3v) is 6.88. The molecule has 0 bridgehead atoms. The van der Waals surface area contributed by atoms with Gasteiger partial charge in [0.15, 0.2) is 5.75 Å². The standard InChI is InChI=1S/C29H21ClN6O4/c30-22-14-18(36(39)40)10-12-24(22)33-29(38)21-13-15-5-11-20-19-3-1-2-4-23(19)32-26(20)25(15)27(28(21)37)35-34-17-8-6-16(31)7-9-17/h1-14,32,37,39-40H,31H2,(H,33,38). The zero-order chi connectivity index (χ0) is 28.0. The van der Waals surface area contributed by atoms with Crippen LogP contribution in [0.25, 0.3) is 32.6 Å². The highest BCUT2D eigenvalue weighted by Crippen LogP contribution is 2.44. The second kappa shape index (κ2) is 9.86. The van der Waals surface area contributed by atoms with Crippen LogP contribution in [0.1, 0.15) is 10.4 Å². The van der Waals surface area contributed by atoms with Gasteiger partial charge in [-0.2, -0.15) is 5.11 Å². The summed E-state index contributed by atoms with van der Waals surface area (Å²) in [5.74, 6) is -1.03. The molecule has 6 rings (SSSR count). The number of nitrogens with zero attached hydrogens (tertiary/aromatic N) is 3. The first-order valence-corrected chi connectivity index (χ1v) is 12.4. The van der Waals surface area contributed by atoms with Crippen LogP contribution < -0.4 is 16.3 Å². The average molecular weight is 553 g/mol. The number of rotatable bonds is 5. The number of hydrogen-bond acceptors (Lipinski definition) is 8. The van der Waals surface area contributed by atoms with Gasteiger partial charge in [0.1, 0.15) is 5.69 Å². The largest absolute Gasteiger partial charge is 0.505 e. The number of azo groups is 1. The van der Waals surface area contributed by atoms with Crippen LogP contribution >= 0.6 is 11.6 Å². The summed E-state index contributed by atoms with van der Waals surface area (Å²) >= 11 is 6.23. The van der Waals surface area contributed by atoms with Crippen LogP contribution in [0.15, 0.2) is 95.2 Å². The molecule has 40 heavy (non-hydrogen) atoms. The Hall–Kier alpha value is -5.16. The van der Waals surface area contributed by atoms with E-state index < -0.39 is 5.91 Å². The van der Waals surface area contributed by atoms with Gasteiger partial charge in [-0.25, -0.2) is 0 Å². The van der Waals surface area contributed by atoms with Crippen molar-refractivity contribution in [1.29, 1.82) is 0 Å². The summed E-state index contributed by atoms with van der Waals surface area (Å²) in [6.07, 6.45) is 0. The zero-order valence-corrected chi connectivity index (χ0v) is 21.4. The molecular weight excluding hydrogens is 532 g/mol. The second-order valence-corrected chi connectivity index (χ2v) is 9.48. The molecule has 0 aliphatic carbocycles. The predicted octanol–water partition coefficient (Wildman–Crippen LogP) is 7.67. The molecule has 1 heterocycles. The van der Waals surface area contributed by atoms with Crippen LogP contribution in [0.2, 0.25) is 5.02 Å². The van der Waals surface area contributed by atoms with Crippen molar-refractivity contribution in [3.8, 4) is 5.75 Å². The van der Waals surface area contributed by atoms with E-state index in [-0.39, 0.29) is 38.6 Å². The number of halogens is 1. The van der Waals surface area contributed by atoms with E-state index in [0.717, 1.165) is 21.8 Å². The van der Waals surface area contributed by atoms with Gasteiger partial charge in [-0.15, -0.1) is 10.3 Å². The fraction of sp³-hybridized carbons (Fsp3) is 0. The molecule has 6 aromatic rings. The third-order valence-electron chi connectivity index (χ3n) is 6.57. The van der Waals surface area contributed by atoms with E-state index >= 15 is 0 Å².